The number of fused-ring (bicyclic) bond motifs is 2. The van der Waals surface area contributed by atoms with Crippen molar-refractivity contribution in [2.75, 3.05) is 24.5 Å². The molecule has 0 radical (unpaired) electrons. The van der Waals surface area contributed by atoms with E-state index in [1.807, 2.05) is 12.3 Å². The van der Waals surface area contributed by atoms with E-state index < -0.39 is 12.1 Å². The van der Waals surface area contributed by atoms with Crippen LogP contribution >= 0.6 is 0 Å². The van der Waals surface area contributed by atoms with Gasteiger partial charge in [-0.2, -0.15) is 13.2 Å². The third kappa shape index (κ3) is 5.83. The summed E-state index contributed by atoms with van der Waals surface area (Å²) in [6.07, 6.45) is -1.55. The Hall–Kier alpha value is -3.10. The molecule has 33 heavy (non-hydrogen) atoms. The minimum atomic E-state index is -5.08. The van der Waals surface area contributed by atoms with Crippen LogP contribution in [0.1, 0.15) is 37.9 Å². The van der Waals surface area contributed by atoms with Crippen molar-refractivity contribution in [1.82, 2.24) is 9.88 Å². The number of hydrogen-bond acceptors (Lipinski definition) is 4. The second-order valence-corrected chi connectivity index (χ2v) is 8.96. The van der Waals surface area contributed by atoms with Crippen molar-refractivity contribution in [2.45, 2.75) is 44.8 Å². The molecule has 1 atom stereocenters. The highest BCUT2D eigenvalue weighted by Gasteiger charge is 2.49. The summed E-state index contributed by atoms with van der Waals surface area (Å²) >= 11 is 0. The van der Waals surface area contributed by atoms with Crippen molar-refractivity contribution in [1.29, 1.82) is 0 Å². The fraction of sp³-hybridized carbons (Fsp3) is 0.458. The Morgan fingerprint density at radius 1 is 1.12 bits per heavy atom. The molecule has 1 unspecified atom stereocenters. The maximum absolute atomic E-state index is 12.6. The summed E-state index contributed by atoms with van der Waals surface area (Å²) in [6, 6.07) is 14.8. The van der Waals surface area contributed by atoms with Gasteiger partial charge < -0.3 is 14.9 Å². The van der Waals surface area contributed by atoms with Crippen LogP contribution in [-0.4, -0.2) is 52.7 Å². The number of carbonyl (C=O) groups is 2. The Balaban J connectivity index is 0.000000383. The molecule has 0 bridgehead atoms. The molecule has 1 aromatic carbocycles. The molecule has 3 heterocycles. The number of halogens is 3. The van der Waals surface area contributed by atoms with Gasteiger partial charge in [-0.15, -0.1) is 0 Å². The van der Waals surface area contributed by atoms with Gasteiger partial charge in [-0.1, -0.05) is 44.2 Å². The standard InChI is InChI=1S/C22H27N3O.C2HF3O2/c1-17(2)13-20(26)24-12-10-22(15-24)16-25(14-18-7-4-3-5-8-18)19-9-6-11-23-21(19)22;3-2(4,5)1(6)7/h3-9,11,17H,10,12-16H2,1-2H3;(H,6,7). The number of amides is 1. The molecule has 0 saturated carbocycles. The van der Waals surface area contributed by atoms with Gasteiger partial charge in [0.1, 0.15) is 0 Å². The number of hydrogen-bond donors (Lipinski definition) is 1. The third-order valence-corrected chi connectivity index (χ3v) is 5.87. The first-order valence-electron chi connectivity index (χ1n) is 10.8. The summed E-state index contributed by atoms with van der Waals surface area (Å²) in [4.78, 5) is 30.7. The van der Waals surface area contributed by atoms with Gasteiger partial charge in [-0.25, -0.2) is 4.79 Å². The first kappa shape index (κ1) is 24.5. The number of alkyl halides is 3. The predicted molar refractivity (Wildman–Crippen MR) is 118 cm³/mol. The molecule has 0 aliphatic carbocycles. The van der Waals surface area contributed by atoms with Crippen molar-refractivity contribution in [3.05, 3.63) is 59.9 Å². The van der Waals surface area contributed by atoms with E-state index in [0.717, 1.165) is 32.6 Å². The van der Waals surface area contributed by atoms with E-state index in [1.54, 1.807) is 0 Å². The van der Waals surface area contributed by atoms with E-state index in [-0.39, 0.29) is 11.3 Å². The molecule has 9 heteroatoms. The zero-order valence-corrected chi connectivity index (χ0v) is 18.7. The number of anilines is 1. The van der Waals surface area contributed by atoms with Crippen LogP contribution in [0.2, 0.25) is 0 Å². The fourth-order valence-electron chi connectivity index (χ4n) is 4.42. The molecule has 1 amide bonds. The number of aromatic nitrogens is 1. The first-order valence-corrected chi connectivity index (χ1v) is 10.8. The minimum Gasteiger partial charge on any atom is -0.475 e. The number of rotatable bonds is 4. The van der Waals surface area contributed by atoms with Crippen LogP contribution in [0.5, 0.6) is 0 Å². The van der Waals surface area contributed by atoms with Crippen LogP contribution in [0.4, 0.5) is 18.9 Å². The van der Waals surface area contributed by atoms with Gasteiger partial charge in [0.2, 0.25) is 5.91 Å². The maximum Gasteiger partial charge on any atom is 0.490 e. The first-order chi connectivity index (χ1) is 15.5. The summed E-state index contributed by atoms with van der Waals surface area (Å²) in [5.74, 6) is -2.06. The van der Waals surface area contributed by atoms with Crippen LogP contribution in [0, 0.1) is 5.92 Å². The lowest BCUT2D eigenvalue weighted by molar-refractivity contribution is -0.192. The molecular formula is C24H28F3N3O3. The van der Waals surface area contributed by atoms with Gasteiger partial charge in [0.05, 0.1) is 16.8 Å². The zero-order chi connectivity index (χ0) is 24.2. The highest BCUT2D eigenvalue weighted by Crippen LogP contribution is 2.45. The number of benzene rings is 1. The van der Waals surface area contributed by atoms with Gasteiger partial charge in [-0.3, -0.25) is 9.78 Å². The Kier molecular flexibility index (Phi) is 7.29. The molecule has 1 N–H and O–H groups in total. The van der Waals surface area contributed by atoms with Gasteiger partial charge in [0.15, 0.2) is 0 Å². The quantitative estimate of drug-likeness (QED) is 0.734. The predicted octanol–water partition coefficient (Wildman–Crippen LogP) is 4.25. The molecule has 178 valence electrons. The van der Waals surface area contributed by atoms with Gasteiger partial charge in [0.25, 0.3) is 0 Å². The fourth-order valence-corrected chi connectivity index (χ4v) is 4.42. The number of aliphatic carboxylic acids is 1. The highest BCUT2D eigenvalue weighted by molar-refractivity contribution is 5.77. The number of nitrogens with zero attached hydrogens (tertiary/aromatic N) is 3. The average molecular weight is 464 g/mol. The summed E-state index contributed by atoms with van der Waals surface area (Å²) in [5.41, 5.74) is 3.70. The smallest absolute Gasteiger partial charge is 0.475 e. The van der Waals surface area contributed by atoms with Crippen LogP contribution < -0.4 is 4.90 Å². The Morgan fingerprint density at radius 3 is 2.39 bits per heavy atom. The van der Waals surface area contributed by atoms with Crippen molar-refractivity contribution < 1.29 is 27.9 Å². The van der Waals surface area contributed by atoms with Crippen LogP contribution in [0.15, 0.2) is 48.7 Å². The maximum atomic E-state index is 12.6. The number of likely N-dealkylation sites (tertiary alicyclic amines) is 1. The van der Waals surface area contributed by atoms with E-state index in [4.69, 9.17) is 14.9 Å². The molecule has 4 rings (SSSR count). The third-order valence-electron chi connectivity index (χ3n) is 5.87. The minimum absolute atomic E-state index is 0.0159. The summed E-state index contributed by atoms with van der Waals surface area (Å²) < 4.78 is 31.7. The van der Waals surface area contributed by atoms with Crippen molar-refractivity contribution in [3.63, 3.8) is 0 Å². The summed E-state index contributed by atoms with van der Waals surface area (Å²) in [6.45, 7) is 7.70. The second kappa shape index (κ2) is 9.80. The van der Waals surface area contributed by atoms with E-state index >= 15 is 0 Å². The normalized spacial score (nSPS) is 19.5. The molecule has 1 aromatic heterocycles. The molecule has 2 aromatic rings. The average Bonchev–Trinajstić information content (AvgIpc) is 3.31. The van der Waals surface area contributed by atoms with E-state index in [0.29, 0.717) is 12.3 Å². The number of carboxylic acids is 1. The Bertz CT molecular complexity index is 982. The topological polar surface area (TPSA) is 73.7 Å². The lowest BCUT2D eigenvalue weighted by Gasteiger charge is -2.26. The number of carboxylic acid groups (broad SMARTS) is 1. The van der Waals surface area contributed by atoms with Gasteiger partial charge in [-0.05, 0) is 30.0 Å². The lowest BCUT2D eigenvalue weighted by atomic mass is 9.85. The summed E-state index contributed by atoms with van der Waals surface area (Å²) in [5, 5.41) is 7.12. The molecule has 2 aliphatic rings. The van der Waals surface area contributed by atoms with E-state index in [2.05, 4.69) is 60.0 Å². The zero-order valence-electron chi connectivity index (χ0n) is 18.7. The number of carbonyl (C=O) groups excluding carboxylic acids is 1. The monoisotopic (exact) mass is 463 g/mol. The molecular weight excluding hydrogens is 435 g/mol. The van der Waals surface area contributed by atoms with Crippen LogP contribution in [0.3, 0.4) is 0 Å². The van der Waals surface area contributed by atoms with E-state index in [1.165, 1.54) is 16.9 Å². The molecule has 1 fully saturated rings. The van der Waals surface area contributed by atoms with Crippen molar-refractivity contribution in [3.8, 4) is 0 Å². The highest BCUT2D eigenvalue weighted by atomic mass is 19.4. The van der Waals surface area contributed by atoms with Crippen molar-refractivity contribution in [2.24, 2.45) is 5.92 Å². The van der Waals surface area contributed by atoms with Gasteiger partial charge in [0, 0.05) is 38.8 Å². The van der Waals surface area contributed by atoms with Crippen LogP contribution in [0.25, 0.3) is 0 Å². The largest absolute Gasteiger partial charge is 0.490 e. The molecule has 6 nitrogen and oxygen atoms in total. The second-order valence-electron chi connectivity index (χ2n) is 8.96. The Morgan fingerprint density at radius 2 is 1.79 bits per heavy atom. The number of pyridine rings is 1. The SMILES string of the molecule is CC(C)CC(=O)N1CCC2(C1)CN(Cc1ccccc1)c1cccnc12.O=C(O)C(F)(F)F. The lowest BCUT2D eigenvalue weighted by Crippen LogP contribution is -2.38. The van der Waals surface area contributed by atoms with Crippen molar-refractivity contribution >= 4 is 17.6 Å². The van der Waals surface area contributed by atoms with E-state index in [9.17, 15) is 18.0 Å². The Labute approximate surface area is 191 Å². The van der Waals surface area contributed by atoms with Crippen LogP contribution in [-0.2, 0) is 21.5 Å². The molecule has 2 aliphatic heterocycles. The molecule has 1 saturated heterocycles. The molecule has 1 spiro atoms. The summed E-state index contributed by atoms with van der Waals surface area (Å²) in [7, 11) is 0. The van der Waals surface area contributed by atoms with Gasteiger partial charge >= 0.3 is 12.1 Å².